The molecular weight excluding hydrogens is 283 g/mol. The van der Waals surface area contributed by atoms with Crippen LogP contribution in [0.15, 0.2) is 24.3 Å². The Labute approximate surface area is 122 Å². The fourth-order valence-electron chi connectivity index (χ4n) is 2.58. The van der Waals surface area contributed by atoms with Crippen LogP contribution in [0, 0.1) is 5.92 Å². The molecule has 0 radical (unpaired) electrons. The van der Waals surface area contributed by atoms with E-state index in [1.807, 2.05) is 0 Å². The van der Waals surface area contributed by atoms with Crippen LogP contribution in [0.25, 0.3) is 0 Å². The summed E-state index contributed by atoms with van der Waals surface area (Å²) in [5, 5.41) is 9.59. The molecule has 3 nitrogen and oxygen atoms in total. The Morgan fingerprint density at radius 1 is 1.38 bits per heavy atom. The minimum absolute atomic E-state index is 0.230. The molecule has 0 amide bonds. The molecule has 1 aromatic carbocycles. The highest BCUT2D eigenvalue weighted by Gasteiger charge is 2.29. The van der Waals surface area contributed by atoms with Crippen LogP contribution in [0.1, 0.15) is 18.9 Å². The SMILES string of the molecule is CC(O)C1CCN(Cc2ccccc2OCC(F)(F)F)C1. The van der Waals surface area contributed by atoms with Crippen LogP contribution in [-0.4, -0.2) is 42.0 Å². The average Bonchev–Trinajstić information content (AvgIpc) is 2.85. The lowest BCUT2D eigenvalue weighted by atomic mass is 10.0. The van der Waals surface area contributed by atoms with E-state index in [0.717, 1.165) is 25.1 Å². The summed E-state index contributed by atoms with van der Waals surface area (Å²) in [7, 11) is 0. The number of para-hydroxylation sites is 1. The molecule has 6 heteroatoms. The molecule has 1 aromatic rings. The van der Waals surface area contributed by atoms with E-state index in [1.54, 1.807) is 31.2 Å². The molecule has 0 spiro atoms. The summed E-state index contributed by atoms with van der Waals surface area (Å²) >= 11 is 0. The summed E-state index contributed by atoms with van der Waals surface area (Å²) in [6, 6.07) is 6.79. The van der Waals surface area contributed by atoms with Gasteiger partial charge in [-0.05, 0) is 31.9 Å². The van der Waals surface area contributed by atoms with E-state index in [9.17, 15) is 18.3 Å². The molecule has 0 bridgehead atoms. The number of likely N-dealkylation sites (tertiary alicyclic amines) is 1. The van der Waals surface area contributed by atoms with Gasteiger partial charge in [-0.25, -0.2) is 0 Å². The van der Waals surface area contributed by atoms with Gasteiger partial charge in [0.15, 0.2) is 6.61 Å². The van der Waals surface area contributed by atoms with Crippen molar-refractivity contribution in [1.29, 1.82) is 0 Å². The number of hydrogen-bond donors (Lipinski definition) is 1. The fraction of sp³-hybridized carbons (Fsp3) is 0.600. The Morgan fingerprint density at radius 2 is 2.10 bits per heavy atom. The van der Waals surface area contributed by atoms with Crippen molar-refractivity contribution in [2.75, 3.05) is 19.7 Å². The van der Waals surface area contributed by atoms with E-state index in [4.69, 9.17) is 4.74 Å². The van der Waals surface area contributed by atoms with Gasteiger partial charge in [-0.2, -0.15) is 13.2 Å². The largest absolute Gasteiger partial charge is 0.484 e. The van der Waals surface area contributed by atoms with Crippen LogP contribution in [0.5, 0.6) is 5.75 Å². The Morgan fingerprint density at radius 3 is 2.71 bits per heavy atom. The van der Waals surface area contributed by atoms with E-state index >= 15 is 0 Å². The van der Waals surface area contributed by atoms with Gasteiger partial charge in [-0.15, -0.1) is 0 Å². The number of rotatable bonds is 5. The number of nitrogens with zero attached hydrogens (tertiary/aromatic N) is 1. The van der Waals surface area contributed by atoms with Crippen LogP contribution in [0.3, 0.4) is 0 Å². The minimum Gasteiger partial charge on any atom is -0.484 e. The molecule has 1 aliphatic rings. The zero-order chi connectivity index (χ0) is 15.5. The summed E-state index contributed by atoms with van der Waals surface area (Å²) in [6.45, 7) is 2.63. The Kier molecular flexibility index (Phi) is 5.11. The molecule has 2 atom stereocenters. The molecule has 2 unspecified atom stereocenters. The summed E-state index contributed by atoms with van der Waals surface area (Å²) in [5.74, 6) is 0.503. The fourth-order valence-corrected chi connectivity index (χ4v) is 2.58. The van der Waals surface area contributed by atoms with Crippen molar-refractivity contribution in [3.05, 3.63) is 29.8 Å². The maximum Gasteiger partial charge on any atom is 0.422 e. The smallest absolute Gasteiger partial charge is 0.422 e. The first-order valence-electron chi connectivity index (χ1n) is 7.03. The van der Waals surface area contributed by atoms with Crippen molar-refractivity contribution >= 4 is 0 Å². The number of alkyl halides is 3. The van der Waals surface area contributed by atoms with E-state index in [1.165, 1.54) is 0 Å². The molecule has 21 heavy (non-hydrogen) atoms. The first kappa shape index (κ1) is 16.1. The number of benzene rings is 1. The lowest BCUT2D eigenvalue weighted by Crippen LogP contribution is -2.24. The summed E-state index contributed by atoms with van der Waals surface area (Å²) in [4.78, 5) is 2.13. The Hall–Kier alpha value is -1.27. The van der Waals surface area contributed by atoms with Crippen molar-refractivity contribution in [2.24, 2.45) is 5.92 Å². The van der Waals surface area contributed by atoms with Crippen molar-refractivity contribution in [3.63, 3.8) is 0 Å². The number of hydrogen-bond acceptors (Lipinski definition) is 3. The molecule has 1 aliphatic heterocycles. The quantitative estimate of drug-likeness (QED) is 0.908. The maximum absolute atomic E-state index is 12.3. The number of ether oxygens (including phenoxy) is 1. The second-order valence-corrected chi connectivity index (χ2v) is 5.54. The second-order valence-electron chi connectivity index (χ2n) is 5.54. The molecule has 1 N–H and O–H groups in total. The molecule has 0 aliphatic carbocycles. The number of aliphatic hydroxyl groups excluding tert-OH is 1. The lowest BCUT2D eigenvalue weighted by Gasteiger charge is -2.19. The van der Waals surface area contributed by atoms with Crippen LogP contribution < -0.4 is 4.74 Å². The Bertz CT molecular complexity index is 462. The number of aliphatic hydroxyl groups is 1. The summed E-state index contributed by atoms with van der Waals surface area (Å²) < 4.78 is 41.6. The molecule has 0 aromatic heterocycles. The molecule has 118 valence electrons. The first-order chi connectivity index (χ1) is 9.85. The highest BCUT2D eigenvalue weighted by Crippen LogP contribution is 2.26. The van der Waals surface area contributed by atoms with Crippen LogP contribution in [-0.2, 0) is 6.54 Å². The molecule has 0 saturated carbocycles. The standard InChI is InChI=1S/C15H20F3NO2/c1-11(20)12-6-7-19(8-12)9-13-4-2-3-5-14(13)21-10-15(16,17)18/h2-5,11-12,20H,6-10H2,1H3. The van der Waals surface area contributed by atoms with Crippen molar-refractivity contribution in [3.8, 4) is 5.75 Å². The molecule has 2 rings (SSSR count). The third-order valence-electron chi connectivity index (χ3n) is 3.75. The predicted molar refractivity (Wildman–Crippen MR) is 73.1 cm³/mol. The highest BCUT2D eigenvalue weighted by molar-refractivity contribution is 5.33. The van der Waals surface area contributed by atoms with Gasteiger partial charge < -0.3 is 9.84 Å². The van der Waals surface area contributed by atoms with E-state index < -0.39 is 12.8 Å². The summed E-state index contributed by atoms with van der Waals surface area (Å²) in [5.41, 5.74) is 0.744. The zero-order valence-corrected chi connectivity index (χ0v) is 11.9. The third-order valence-corrected chi connectivity index (χ3v) is 3.75. The van der Waals surface area contributed by atoms with Gasteiger partial charge in [-0.1, -0.05) is 18.2 Å². The van der Waals surface area contributed by atoms with Gasteiger partial charge in [0.05, 0.1) is 6.10 Å². The van der Waals surface area contributed by atoms with Crippen molar-refractivity contribution in [1.82, 2.24) is 4.90 Å². The van der Waals surface area contributed by atoms with Gasteiger partial charge in [-0.3, -0.25) is 4.90 Å². The lowest BCUT2D eigenvalue weighted by molar-refractivity contribution is -0.153. The maximum atomic E-state index is 12.3. The summed E-state index contributed by atoms with van der Waals surface area (Å²) in [6.07, 6.45) is -3.78. The Balaban J connectivity index is 1.97. The van der Waals surface area contributed by atoms with Crippen LogP contribution in [0.4, 0.5) is 13.2 Å². The van der Waals surface area contributed by atoms with Crippen LogP contribution in [0.2, 0.25) is 0 Å². The van der Waals surface area contributed by atoms with Gasteiger partial charge >= 0.3 is 6.18 Å². The molecular formula is C15H20F3NO2. The monoisotopic (exact) mass is 303 g/mol. The third kappa shape index (κ3) is 4.89. The molecule has 1 saturated heterocycles. The normalized spacial score (nSPS) is 21.5. The number of halogens is 3. The van der Waals surface area contributed by atoms with Crippen molar-refractivity contribution in [2.45, 2.75) is 32.2 Å². The topological polar surface area (TPSA) is 32.7 Å². The molecule has 1 heterocycles. The predicted octanol–water partition coefficient (Wildman–Crippen LogP) is 2.83. The second kappa shape index (κ2) is 6.66. The zero-order valence-electron chi connectivity index (χ0n) is 11.9. The first-order valence-corrected chi connectivity index (χ1v) is 7.03. The van der Waals surface area contributed by atoms with Gasteiger partial charge in [0, 0.05) is 18.7 Å². The van der Waals surface area contributed by atoms with E-state index in [-0.39, 0.29) is 17.8 Å². The van der Waals surface area contributed by atoms with Gasteiger partial charge in [0.1, 0.15) is 5.75 Å². The van der Waals surface area contributed by atoms with Crippen LogP contribution >= 0.6 is 0 Å². The highest BCUT2D eigenvalue weighted by atomic mass is 19.4. The minimum atomic E-state index is -4.34. The van der Waals surface area contributed by atoms with Gasteiger partial charge in [0.2, 0.25) is 0 Å². The van der Waals surface area contributed by atoms with Crippen molar-refractivity contribution < 1.29 is 23.0 Å². The molecule has 1 fully saturated rings. The average molecular weight is 303 g/mol. The van der Waals surface area contributed by atoms with E-state index in [0.29, 0.717) is 6.54 Å². The van der Waals surface area contributed by atoms with E-state index in [2.05, 4.69) is 4.90 Å². The van der Waals surface area contributed by atoms with Gasteiger partial charge in [0.25, 0.3) is 0 Å².